The summed E-state index contributed by atoms with van der Waals surface area (Å²) in [6.45, 7) is 3.42. The molecule has 0 aromatic rings. The van der Waals surface area contributed by atoms with Gasteiger partial charge in [0.25, 0.3) is 0 Å². The van der Waals surface area contributed by atoms with Crippen LogP contribution in [0.4, 0.5) is 4.39 Å². The molecule has 0 aromatic carbocycles. The minimum atomic E-state index is -1.19. The second kappa shape index (κ2) is 2.68. The first-order valence-corrected chi connectivity index (χ1v) is 3.68. The fourth-order valence-corrected chi connectivity index (χ4v) is 1.28. The molecule has 0 bridgehead atoms. The zero-order valence-electron chi connectivity index (χ0n) is 7.15. The highest BCUT2D eigenvalue weighted by Gasteiger charge is 2.23. The average molecular weight is 156 g/mol. The lowest BCUT2D eigenvalue weighted by atomic mass is 9.95. The normalized spacial score (nSPS) is 30.9. The zero-order chi connectivity index (χ0) is 8.48. The van der Waals surface area contributed by atoms with E-state index in [4.69, 9.17) is 4.74 Å². The second-order valence-corrected chi connectivity index (χ2v) is 3.08. The Morgan fingerprint density at radius 2 is 2.27 bits per heavy atom. The highest BCUT2D eigenvalue weighted by molar-refractivity contribution is 5.31. The number of alkyl halides is 1. The van der Waals surface area contributed by atoms with Crippen molar-refractivity contribution in [1.82, 2.24) is 0 Å². The van der Waals surface area contributed by atoms with Gasteiger partial charge in [-0.15, -0.1) is 0 Å². The van der Waals surface area contributed by atoms with Crippen molar-refractivity contribution in [3.63, 3.8) is 0 Å². The monoisotopic (exact) mass is 156 g/mol. The van der Waals surface area contributed by atoms with Crippen molar-refractivity contribution in [2.45, 2.75) is 25.9 Å². The van der Waals surface area contributed by atoms with Crippen molar-refractivity contribution >= 4 is 0 Å². The molecule has 0 N–H and O–H groups in total. The van der Waals surface area contributed by atoms with Crippen molar-refractivity contribution in [2.24, 2.45) is 0 Å². The summed E-state index contributed by atoms with van der Waals surface area (Å²) in [7, 11) is 1.60. The van der Waals surface area contributed by atoms with Crippen molar-refractivity contribution in [2.75, 3.05) is 7.11 Å². The standard InChI is InChI=1S/C9H13FO/c1-7-6-9(2,10)5-4-8(7)11-3/h4,6H,5H2,1-3H3. The van der Waals surface area contributed by atoms with Crippen LogP contribution in [0.2, 0.25) is 0 Å². The Labute approximate surface area is 66.6 Å². The number of halogens is 1. The van der Waals surface area contributed by atoms with E-state index < -0.39 is 5.67 Å². The smallest absolute Gasteiger partial charge is 0.130 e. The minimum Gasteiger partial charge on any atom is -0.497 e. The Kier molecular flexibility index (Phi) is 2.03. The summed E-state index contributed by atoms with van der Waals surface area (Å²) < 4.78 is 18.3. The van der Waals surface area contributed by atoms with Gasteiger partial charge in [0.05, 0.1) is 7.11 Å². The van der Waals surface area contributed by atoms with Gasteiger partial charge in [-0.05, 0) is 31.6 Å². The quantitative estimate of drug-likeness (QED) is 0.567. The Balaban J connectivity index is 2.82. The maximum absolute atomic E-state index is 13.3. The van der Waals surface area contributed by atoms with Gasteiger partial charge >= 0.3 is 0 Å². The number of rotatable bonds is 1. The van der Waals surface area contributed by atoms with E-state index in [1.165, 1.54) is 0 Å². The first-order chi connectivity index (χ1) is 5.05. The molecule has 0 heterocycles. The highest BCUT2D eigenvalue weighted by atomic mass is 19.1. The number of methoxy groups -OCH3 is 1. The molecule has 0 saturated carbocycles. The van der Waals surface area contributed by atoms with Crippen molar-refractivity contribution < 1.29 is 9.13 Å². The number of ether oxygens (including phenoxy) is 1. The molecule has 0 saturated heterocycles. The molecule has 0 spiro atoms. The van der Waals surface area contributed by atoms with Crippen molar-refractivity contribution in [3.05, 3.63) is 23.5 Å². The van der Waals surface area contributed by atoms with E-state index in [1.807, 2.05) is 6.92 Å². The van der Waals surface area contributed by atoms with Gasteiger partial charge in [0.1, 0.15) is 11.4 Å². The molecule has 0 fully saturated rings. The molecule has 1 atom stereocenters. The van der Waals surface area contributed by atoms with E-state index in [1.54, 1.807) is 26.2 Å². The van der Waals surface area contributed by atoms with Crippen LogP contribution >= 0.6 is 0 Å². The van der Waals surface area contributed by atoms with E-state index in [9.17, 15) is 4.39 Å². The third-order valence-electron chi connectivity index (χ3n) is 1.81. The summed E-state index contributed by atoms with van der Waals surface area (Å²) in [5.74, 6) is 0.792. The van der Waals surface area contributed by atoms with Gasteiger partial charge in [-0.25, -0.2) is 4.39 Å². The summed E-state index contributed by atoms with van der Waals surface area (Å²) in [4.78, 5) is 0. The highest BCUT2D eigenvalue weighted by Crippen LogP contribution is 2.28. The van der Waals surface area contributed by atoms with Gasteiger partial charge in [-0.2, -0.15) is 0 Å². The van der Waals surface area contributed by atoms with Crippen LogP contribution in [0.25, 0.3) is 0 Å². The third-order valence-corrected chi connectivity index (χ3v) is 1.81. The maximum atomic E-state index is 13.3. The first-order valence-electron chi connectivity index (χ1n) is 3.68. The van der Waals surface area contributed by atoms with Crippen LogP contribution in [-0.2, 0) is 4.74 Å². The van der Waals surface area contributed by atoms with Gasteiger partial charge < -0.3 is 4.74 Å². The summed E-state index contributed by atoms with van der Waals surface area (Å²) in [5.41, 5.74) is -0.310. The predicted octanol–water partition coefficient (Wildman–Crippen LogP) is 2.59. The van der Waals surface area contributed by atoms with E-state index in [0.717, 1.165) is 11.3 Å². The topological polar surface area (TPSA) is 9.23 Å². The van der Waals surface area contributed by atoms with Gasteiger partial charge in [-0.1, -0.05) is 0 Å². The van der Waals surface area contributed by atoms with Gasteiger partial charge in [0, 0.05) is 6.42 Å². The Bertz CT molecular complexity index is 214. The summed E-state index contributed by atoms with van der Waals surface area (Å²) in [6, 6.07) is 0. The minimum absolute atomic E-state index is 0.410. The average Bonchev–Trinajstić information content (AvgIpc) is 1.86. The largest absolute Gasteiger partial charge is 0.497 e. The third kappa shape index (κ3) is 1.82. The maximum Gasteiger partial charge on any atom is 0.130 e. The molecule has 62 valence electrons. The predicted molar refractivity (Wildman–Crippen MR) is 43.0 cm³/mol. The fourth-order valence-electron chi connectivity index (χ4n) is 1.28. The molecule has 1 aliphatic carbocycles. The molecule has 11 heavy (non-hydrogen) atoms. The van der Waals surface area contributed by atoms with Crippen LogP contribution < -0.4 is 0 Å². The van der Waals surface area contributed by atoms with Gasteiger partial charge in [-0.3, -0.25) is 0 Å². The second-order valence-electron chi connectivity index (χ2n) is 3.08. The molecule has 0 amide bonds. The summed E-state index contributed by atoms with van der Waals surface area (Å²) in [5, 5.41) is 0. The molecule has 0 aliphatic heterocycles. The van der Waals surface area contributed by atoms with Crippen LogP contribution in [0.3, 0.4) is 0 Å². The lowest BCUT2D eigenvalue weighted by molar-refractivity contribution is 0.238. The van der Waals surface area contributed by atoms with E-state index in [2.05, 4.69) is 0 Å². The molecule has 0 aromatic heterocycles. The number of allylic oxidation sites excluding steroid dienone is 3. The van der Waals surface area contributed by atoms with Gasteiger partial charge in [0.15, 0.2) is 0 Å². The van der Waals surface area contributed by atoms with Crippen LogP contribution in [0.1, 0.15) is 20.3 Å². The Morgan fingerprint density at radius 1 is 1.64 bits per heavy atom. The van der Waals surface area contributed by atoms with E-state index in [0.29, 0.717) is 6.42 Å². The molecular weight excluding hydrogens is 143 g/mol. The summed E-state index contributed by atoms with van der Waals surface area (Å²) >= 11 is 0. The van der Waals surface area contributed by atoms with Crippen molar-refractivity contribution in [1.29, 1.82) is 0 Å². The lowest BCUT2D eigenvalue weighted by Crippen LogP contribution is -2.17. The van der Waals surface area contributed by atoms with Crippen LogP contribution in [0.5, 0.6) is 0 Å². The SMILES string of the molecule is COC1=CCC(C)(F)C=C1C. The Hall–Kier alpha value is -0.790. The molecular formula is C9H13FO. The van der Waals surface area contributed by atoms with Crippen LogP contribution in [0, 0.1) is 0 Å². The van der Waals surface area contributed by atoms with E-state index in [-0.39, 0.29) is 0 Å². The van der Waals surface area contributed by atoms with Crippen LogP contribution in [-0.4, -0.2) is 12.8 Å². The number of hydrogen-bond acceptors (Lipinski definition) is 1. The Morgan fingerprint density at radius 3 is 2.73 bits per heavy atom. The molecule has 1 unspecified atom stereocenters. The molecule has 1 rings (SSSR count). The number of hydrogen-bond donors (Lipinski definition) is 0. The molecule has 1 nitrogen and oxygen atoms in total. The molecule has 2 heteroatoms. The molecule has 0 radical (unpaired) electrons. The van der Waals surface area contributed by atoms with Crippen LogP contribution in [0.15, 0.2) is 23.5 Å². The van der Waals surface area contributed by atoms with Crippen molar-refractivity contribution in [3.8, 4) is 0 Å². The fraction of sp³-hybridized carbons (Fsp3) is 0.556. The van der Waals surface area contributed by atoms with Gasteiger partial charge in [0.2, 0.25) is 0 Å². The summed E-state index contributed by atoms with van der Waals surface area (Å²) in [6.07, 6.45) is 3.80. The van der Waals surface area contributed by atoms with E-state index >= 15 is 0 Å². The molecule has 1 aliphatic rings. The first kappa shape index (κ1) is 8.31. The lowest BCUT2D eigenvalue weighted by Gasteiger charge is -2.21. The zero-order valence-corrected chi connectivity index (χ0v) is 7.15.